The van der Waals surface area contributed by atoms with Gasteiger partial charge >= 0.3 is 0 Å². The van der Waals surface area contributed by atoms with Gasteiger partial charge in [0, 0.05) is 30.7 Å². The summed E-state index contributed by atoms with van der Waals surface area (Å²) in [5, 5.41) is 7.47. The van der Waals surface area contributed by atoms with Crippen LogP contribution >= 0.6 is 11.8 Å². The Bertz CT molecular complexity index is 582. The molecule has 1 aliphatic rings. The lowest BCUT2D eigenvalue weighted by Gasteiger charge is -2.29. The molecule has 0 bridgehead atoms. The van der Waals surface area contributed by atoms with Crippen LogP contribution in [-0.4, -0.2) is 39.0 Å². The Morgan fingerprint density at radius 3 is 3.10 bits per heavy atom. The lowest BCUT2D eigenvalue weighted by atomic mass is 9.95. The van der Waals surface area contributed by atoms with Crippen LogP contribution in [0, 0.1) is 0 Å². The number of nitrogens with one attached hydrogen (secondary N) is 2. The van der Waals surface area contributed by atoms with Crippen molar-refractivity contribution in [2.24, 2.45) is 0 Å². The van der Waals surface area contributed by atoms with Gasteiger partial charge in [-0.15, -0.1) is 0 Å². The van der Waals surface area contributed by atoms with Gasteiger partial charge in [-0.05, 0) is 25.5 Å². The van der Waals surface area contributed by atoms with Gasteiger partial charge in [0.15, 0.2) is 11.5 Å². The van der Waals surface area contributed by atoms with Crippen LogP contribution in [0.4, 0.5) is 11.6 Å². The van der Waals surface area contributed by atoms with Crippen LogP contribution in [0.15, 0.2) is 18.6 Å². The number of imidazole rings is 1. The number of nitrogens with zero attached hydrogens (tertiary/aromatic N) is 3. The van der Waals surface area contributed by atoms with E-state index >= 15 is 0 Å². The Labute approximate surface area is 123 Å². The Balaban J connectivity index is 1.84. The predicted molar refractivity (Wildman–Crippen MR) is 85.7 cm³/mol. The highest BCUT2D eigenvalue weighted by Gasteiger charge is 2.22. The molecule has 0 radical (unpaired) electrons. The van der Waals surface area contributed by atoms with Crippen molar-refractivity contribution in [3.05, 3.63) is 18.6 Å². The third-order valence-electron chi connectivity index (χ3n) is 3.93. The normalized spacial score (nSPS) is 22.9. The van der Waals surface area contributed by atoms with Gasteiger partial charge in [0.1, 0.15) is 5.82 Å². The maximum Gasteiger partial charge on any atom is 0.180 e. The Morgan fingerprint density at radius 1 is 1.40 bits per heavy atom. The monoisotopic (exact) mass is 291 g/mol. The van der Waals surface area contributed by atoms with Crippen LogP contribution in [0.2, 0.25) is 0 Å². The first kappa shape index (κ1) is 13.5. The van der Waals surface area contributed by atoms with Crippen LogP contribution in [0.1, 0.15) is 25.7 Å². The predicted octanol–water partition coefficient (Wildman–Crippen LogP) is 2.86. The molecule has 2 aromatic rings. The van der Waals surface area contributed by atoms with Gasteiger partial charge in [-0.3, -0.25) is 0 Å². The van der Waals surface area contributed by atoms with Crippen molar-refractivity contribution < 1.29 is 0 Å². The van der Waals surface area contributed by atoms with Gasteiger partial charge < -0.3 is 15.0 Å². The number of fused-ring (bicyclic) bond motifs is 1. The summed E-state index contributed by atoms with van der Waals surface area (Å²) in [7, 11) is 1.89. The fourth-order valence-electron chi connectivity index (χ4n) is 2.83. The molecule has 2 atom stereocenters. The van der Waals surface area contributed by atoms with E-state index in [1.807, 2.05) is 41.8 Å². The maximum absolute atomic E-state index is 4.62. The molecule has 1 saturated carbocycles. The highest BCUT2D eigenvalue weighted by atomic mass is 32.2. The smallest absolute Gasteiger partial charge is 0.180 e. The summed E-state index contributed by atoms with van der Waals surface area (Å²) in [6.07, 6.45) is 13.0. The molecule has 0 aromatic carbocycles. The van der Waals surface area contributed by atoms with E-state index in [-0.39, 0.29) is 0 Å². The highest BCUT2D eigenvalue weighted by Crippen LogP contribution is 2.29. The molecular formula is C14H21N5S. The van der Waals surface area contributed by atoms with E-state index in [4.69, 9.17) is 0 Å². The maximum atomic E-state index is 4.62. The zero-order valence-electron chi connectivity index (χ0n) is 12.0. The fourth-order valence-corrected chi connectivity index (χ4v) is 3.66. The zero-order chi connectivity index (χ0) is 13.9. The van der Waals surface area contributed by atoms with E-state index in [0.29, 0.717) is 6.04 Å². The number of thioether (sulfide) groups is 1. The molecule has 2 aromatic heterocycles. The minimum absolute atomic E-state index is 0.501. The van der Waals surface area contributed by atoms with E-state index < -0.39 is 0 Å². The molecule has 0 amide bonds. The van der Waals surface area contributed by atoms with Gasteiger partial charge in [-0.25, -0.2) is 9.97 Å². The molecule has 5 nitrogen and oxygen atoms in total. The van der Waals surface area contributed by atoms with Crippen molar-refractivity contribution in [1.82, 2.24) is 14.4 Å². The van der Waals surface area contributed by atoms with E-state index in [1.54, 1.807) is 0 Å². The number of hydrogen-bond donors (Lipinski definition) is 2. The van der Waals surface area contributed by atoms with Crippen LogP contribution < -0.4 is 10.6 Å². The van der Waals surface area contributed by atoms with Crippen molar-refractivity contribution >= 4 is 29.0 Å². The van der Waals surface area contributed by atoms with Crippen molar-refractivity contribution in [3.8, 4) is 0 Å². The summed E-state index contributed by atoms with van der Waals surface area (Å²) >= 11 is 1.98. The molecule has 1 fully saturated rings. The van der Waals surface area contributed by atoms with Crippen molar-refractivity contribution in [1.29, 1.82) is 0 Å². The van der Waals surface area contributed by atoms with Crippen molar-refractivity contribution in [2.45, 2.75) is 37.0 Å². The van der Waals surface area contributed by atoms with Gasteiger partial charge in [0.2, 0.25) is 0 Å². The number of aromatic nitrogens is 3. The number of rotatable bonds is 4. The lowest BCUT2D eigenvalue weighted by molar-refractivity contribution is 0.473. The second kappa shape index (κ2) is 5.91. The SMILES string of the molecule is CNc1cn2ccnc2c(NC2CCCC(SC)C2)n1. The molecule has 0 aliphatic heterocycles. The average Bonchev–Trinajstić information content (AvgIpc) is 2.96. The standard InChI is InChI=1S/C14H21N5S/c1-15-12-9-19-7-6-16-14(19)13(18-12)17-10-4-3-5-11(8-10)20-2/h6-7,9-11,15H,3-5,8H2,1-2H3,(H,17,18). The molecule has 3 rings (SSSR count). The largest absolute Gasteiger partial charge is 0.372 e. The minimum Gasteiger partial charge on any atom is -0.372 e. The van der Waals surface area contributed by atoms with Crippen LogP contribution in [0.5, 0.6) is 0 Å². The lowest BCUT2D eigenvalue weighted by Crippen LogP contribution is -2.29. The first-order valence-corrected chi connectivity index (χ1v) is 8.39. The molecule has 108 valence electrons. The number of anilines is 2. The van der Waals surface area contributed by atoms with Gasteiger partial charge in [-0.2, -0.15) is 11.8 Å². The topological polar surface area (TPSA) is 54.2 Å². The first-order chi connectivity index (χ1) is 9.80. The van der Waals surface area contributed by atoms with Crippen molar-refractivity contribution in [3.63, 3.8) is 0 Å². The number of hydrogen-bond acceptors (Lipinski definition) is 5. The molecule has 2 heterocycles. The fraction of sp³-hybridized carbons (Fsp3) is 0.571. The molecule has 1 aliphatic carbocycles. The molecule has 2 N–H and O–H groups in total. The quantitative estimate of drug-likeness (QED) is 0.907. The molecular weight excluding hydrogens is 270 g/mol. The summed E-state index contributed by atoms with van der Waals surface area (Å²) in [6.45, 7) is 0. The first-order valence-electron chi connectivity index (χ1n) is 7.11. The Morgan fingerprint density at radius 2 is 2.30 bits per heavy atom. The Hall–Kier alpha value is -1.43. The van der Waals surface area contributed by atoms with Crippen LogP contribution in [-0.2, 0) is 0 Å². The minimum atomic E-state index is 0.501. The van der Waals surface area contributed by atoms with Gasteiger partial charge in [0.05, 0.1) is 6.20 Å². The van der Waals surface area contributed by atoms with Gasteiger partial charge in [0.25, 0.3) is 0 Å². The summed E-state index contributed by atoms with van der Waals surface area (Å²) in [5.74, 6) is 1.74. The zero-order valence-corrected chi connectivity index (χ0v) is 12.8. The molecule has 0 spiro atoms. The van der Waals surface area contributed by atoms with Gasteiger partial charge in [-0.1, -0.05) is 6.42 Å². The molecule has 20 heavy (non-hydrogen) atoms. The van der Waals surface area contributed by atoms with E-state index in [0.717, 1.165) is 22.5 Å². The highest BCUT2D eigenvalue weighted by molar-refractivity contribution is 7.99. The average molecular weight is 291 g/mol. The van der Waals surface area contributed by atoms with Crippen LogP contribution in [0.3, 0.4) is 0 Å². The summed E-state index contributed by atoms with van der Waals surface area (Å²) in [6, 6.07) is 0.501. The summed E-state index contributed by atoms with van der Waals surface area (Å²) in [5.41, 5.74) is 0.898. The van der Waals surface area contributed by atoms with E-state index in [1.165, 1.54) is 25.7 Å². The Kier molecular flexibility index (Phi) is 4.00. The third-order valence-corrected chi connectivity index (χ3v) is 5.03. The van der Waals surface area contributed by atoms with Crippen molar-refractivity contribution in [2.75, 3.05) is 23.9 Å². The van der Waals surface area contributed by atoms with Crippen LogP contribution in [0.25, 0.3) is 5.65 Å². The summed E-state index contributed by atoms with van der Waals surface area (Å²) < 4.78 is 2.01. The molecule has 0 saturated heterocycles. The second-order valence-electron chi connectivity index (χ2n) is 5.25. The summed E-state index contributed by atoms with van der Waals surface area (Å²) in [4.78, 5) is 9.03. The van der Waals surface area contributed by atoms with E-state index in [9.17, 15) is 0 Å². The van der Waals surface area contributed by atoms with E-state index in [2.05, 4.69) is 26.9 Å². The second-order valence-corrected chi connectivity index (χ2v) is 6.39. The third kappa shape index (κ3) is 2.70. The molecule has 6 heteroatoms. The molecule has 2 unspecified atom stereocenters.